The number of para-hydroxylation sites is 1. The number of ether oxygens (including phenoxy) is 1. The molecule has 1 heterocycles. The molecule has 2 fully saturated rings. The molecular formula is C21H34N4OS. The van der Waals surface area contributed by atoms with Crippen LogP contribution < -0.4 is 15.4 Å². The van der Waals surface area contributed by atoms with Gasteiger partial charge in [0.1, 0.15) is 5.75 Å². The number of rotatable bonds is 7. The van der Waals surface area contributed by atoms with Crippen molar-refractivity contribution in [1.29, 1.82) is 0 Å². The molecule has 2 aliphatic rings. The van der Waals surface area contributed by atoms with E-state index in [1.165, 1.54) is 37.7 Å². The lowest BCUT2D eigenvalue weighted by molar-refractivity contribution is 0.239. The molecule has 1 aliphatic carbocycles. The lowest BCUT2D eigenvalue weighted by Gasteiger charge is -2.30. The van der Waals surface area contributed by atoms with Gasteiger partial charge in [0.15, 0.2) is 5.96 Å². The van der Waals surface area contributed by atoms with Gasteiger partial charge >= 0.3 is 0 Å². The standard InChI is InChI=1S/C21H34N4OS/c1-22-21(24-16-10-11-17(14-16)27-3)23-15-19(25-12-6-7-13-25)18-8-4-5-9-20(18)26-2/h4-5,8-9,16-17,19H,6-7,10-15H2,1-3H3,(H2,22,23,24). The number of benzene rings is 1. The van der Waals surface area contributed by atoms with Crippen molar-refractivity contribution in [3.63, 3.8) is 0 Å². The fraction of sp³-hybridized carbons (Fsp3) is 0.667. The molecule has 3 rings (SSSR count). The predicted octanol–water partition coefficient (Wildman–Crippen LogP) is 3.28. The summed E-state index contributed by atoms with van der Waals surface area (Å²) in [5, 5.41) is 8.01. The maximum Gasteiger partial charge on any atom is 0.191 e. The van der Waals surface area contributed by atoms with Crippen LogP contribution in [-0.2, 0) is 0 Å². The molecule has 0 bridgehead atoms. The summed E-state index contributed by atoms with van der Waals surface area (Å²) in [5.41, 5.74) is 1.26. The van der Waals surface area contributed by atoms with Gasteiger partial charge in [-0.05, 0) is 57.5 Å². The summed E-state index contributed by atoms with van der Waals surface area (Å²) in [4.78, 5) is 7.04. The van der Waals surface area contributed by atoms with Crippen molar-refractivity contribution in [3.8, 4) is 5.75 Å². The Morgan fingerprint density at radius 1 is 1.30 bits per heavy atom. The van der Waals surface area contributed by atoms with E-state index in [9.17, 15) is 0 Å². The highest BCUT2D eigenvalue weighted by Crippen LogP contribution is 2.31. The lowest BCUT2D eigenvalue weighted by Crippen LogP contribution is -2.45. The number of nitrogens with one attached hydrogen (secondary N) is 2. The van der Waals surface area contributed by atoms with E-state index in [4.69, 9.17) is 4.74 Å². The molecule has 0 aromatic heterocycles. The number of guanidine groups is 1. The highest BCUT2D eigenvalue weighted by atomic mass is 32.2. The van der Waals surface area contributed by atoms with Crippen LogP contribution in [0, 0.1) is 0 Å². The Labute approximate surface area is 168 Å². The molecule has 6 heteroatoms. The number of aliphatic imine (C=N–C) groups is 1. The van der Waals surface area contributed by atoms with Gasteiger partial charge in [-0.2, -0.15) is 11.8 Å². The highest BCUT2D eigenvalue weighted by molar-refractivity contribution is 7.99. The van der Waals surface area contributed by atoms with E-state index in [1.807, 2.05) is 24.9 Å². The van der Waals surface area contributed by atoms with Crippen LogP contribution in [0.25, 0.3) is 0 Å². The van der Waals surface area contributed by atoms with Gasteiger partial charge in [-0.1, -0.05) is 18.2 Å². The summed E-state index contributed by atoms with van der Waals surface area (Å²) >= 11 is 1.99. The van der Waals surface area contributed by atoms with Crippen LogP contribution >= 0.6 is 11.8 Å². The van der Waals surface area contributed by atoms with Crippen molar-refractivity contribution in [2.75, 3.05) is 40.0 Å². The third-order valence-electron chi connectivity index (χ3n) is 5.82. The van der Waals surface area contributed by atoms with E-state index in [0.717, 1.165) is 36.6 Å². The average Bonchev–Trinajstić information content (AvgIpc) is 3.39. The first-order valence-corrected chi connectivity index (χ1v) is 11.4. The smallest absolute Gasteiger partial charge is 0.191 e. The van der Waals surface area contributed by atoms with E-state index in [-0.39, 0.29) is 0 Å². The zero-order valence-electron chi connectivity index (χ0n) is 16.9. The van der Waals surface area contributed by atoms with Crippen LogP contribution in [0.4, 0.5) is 0 Å². The molecule has 3 unspecified atom stereocenters. The number of thioether (sulfide) groups is 1. The summed E-state index contributed by atoms with van der Waals surface area (Å²) in [6.07, 6.45) is 8.52. The minimum absolute atomic E-state index is 0.296. The van der Waals surface area contributed by atoms with Crippen molar-refractivity contribution in [1.82, 2.24) is 15.5 Å². The summed E-state index contributed by atoms with van der Waals surface area (Å²) < 4.78 is 5.65. The van der Waals surface area contributed by atoms with Gasteiger partial charge in [0, 0.05) is 30.4 Å². The van der Waals surface area contributed by atoms with E-state index < -0.39 is 0 Å². The van der Waals surface area contributed by atoms with Crippen LogP contribution in [0.15, 0.2) is 29.3 Å². The minimum atomic E-state index is 0.296. The fourth-order valence-electron chi connectivity index (χ4n) is 4.30. The normalized spacial score (nSPS) is 24.8. The summed E-state index contributed by atoms with van der Waals surface area (Å²) in [6.45, 7) is 3.13. The molecule has 2 N–H and O–H groups in total. The largest absolute Gasteiger partial charge is 0.496 e. The van der Waals surface area contributed by atoms with Crippen LogP contribution in [0.1, 0.15) is 43.7 Å². The highest BCUT2D eigenvalue weighted by Gasteiger charge is 2.27. The van der Waals surface area contributed by atoms with Crippen molar-refractivity contribution in [2.45, 2.75) is 49.4 Å². The van der Waals surface area contributed by atoms with Crippen LogP contribution in [-0.4, -0.2) is 62.2 Å². The van der Waals surface area contributed by atoms with Gasteiger partial charge in [-0.25, -0.2) is 0 Å². The first kappa shape index (κ1) is 20.3. The van der Waals surface area contributed by atoms with E-state index in [2.05, 4.69) is 45.0 Å². The van der Waals surface area contributed by atoms with E-state index >= 15 is 0 Å². The van der Waals surface area contributed by atoms with Gasteiger partial charge in [-0.3, -0.25) is 9.89 Å². The lowest BCUT2D eigenvalue weighted by atomic mass is 10.0. The molecule has 5 nitrogen and oxygen atoms in total. The Kier molecular flexibility index (Phi) is 7.70. The summed E-state index contributed by atoms with van der Waals surface area (Å²) in [7, 11) is 3.63. The fourth-order valence-corrected chi connectivity index (χ4v) is 5.09. The molecule has 1 saturated heterocycles. The van der Waals surface area contributed by atoms with Crippen molar-refractivity contribution < 1.29 is 4.74 Å². The first-order chi connectivity index (χ1) is 13.2. The molecule has 0 spiro atoms. The first-order valence-electron chi connectivity index (χ1n) is 10.1. The van der Waals surface area contributed by atoms with Crippen LogP contribution in [0.3, 0.4) is 0 Å². The van der Waals surface area contributed by atoms with Gasteiger partial charge in [0.2, 0.25) is 0 Å². The third-order valence-corrected chi connectivity index (χ3v) is 6.92. The maximum atomic E-state index is 5.65. The number of methoxy groups -OCH3 is 1. The number of likely N-dealkylation sites (tertiary alicyclic amines) is 1. The average molecular weight is 391 g/mol. The Morgan fingerprint density at radius 3 is 2.74 bits per heavy atom. The predicted molar refractivity (Wildman–Crippen MR) is 116 cm³/mol. The molecule has 1 aromatic rings. The molecule has 0 radical (unpaired) electrons. The number of nitrogens with zero attached hydrogens (tertiary/aromatic N) is 2. The Hall–Kier alpha value is -1.40. The molecule has 27 heavy (non-hydrogen) atoms. The SMILES string of the molecule is CN=C(NCC(c1ccccc1OC)N1CCCC1)NC1CCC(SC)C1. The Balaban J connectivity index is 1.65. The van der Waals surface area contributed by atoms with Crippen LogP contribution in [0.5, 0.6) is 5.75 Å². The second-order valence-corrected chi connectivity index (χ2v) is 8.60. The van der Waals surface area contributed by atoms with E-state index in [1.54, 1.807) is 7.11 Å². The Bertz CT molecular complexity index is 618. The molecule has 1 saturated carbocycles. The summed E-state index contributed by atoms with van der Waals surface area (Å²) in [6, 6.07) is 9.23. The molecule has 3 atom stereocenters. The zero-order chi connectivity index (χ0) is 19.1. The summed E-state index contributed by atoms with van der Waals surface area (Å²) in [5.74, 6) is 1.89. The van der Waals surface area contributed by atoms with Crippen molar-refractivity contribution >= 4 is 17.7 Å². The molecular weight excluding hydrogens is 356 g/mol. The zero-order valence-corrected chi connectivity index (χ0v) is 17.7. The topological polar surface area (TPSA) is 48.9 Å². The molecule has 150 valence electrons. The van der Waals surface area contributed by atoms with Gasteiger partial charge < -0.3 is 15.4 Å². The Morgan fingerprint density at radius 2 is 2.07 bits per heavy atom. The van der Waals surface area contributed by atoms with Crippen molar-refractivity contribution in [3.05, 3.63) is 29.8 Å². The van der Waals surface area contributed by atoms with Crippen LogP contribution in [0.2, 0.25) is 0 Å². The third kappa shape index (κ3) is 5.32. The van der Waals surface area contributed by atoms with Crippen molar-refractivity contribution in [2.24, 2.45) is 4.99 Å². The molecule has 1 aliphatic heterocycles. The molecule has 1 aromatic carbocycles. The van der Waals surface area contributed by atoms with Gasteiger partial charge in [0.05, 0.1) is 13.2 Å². The number of hydrogen-bond donors (Lipinski definition) is 2. The van der Waals surface area contributed by atoms with E-state index in [0.29, 0.717) is 12.1 Å². The maximum absolute atomic E-state index is 5.65. The minimum Gasteiger partial charge on any atom is -0.496 e. The quantitative estimate of drug-likeness (QED) is 0.553. The second-order valence-electron chi connectivity index (χ2n) is 7.47. The monoisotopic (exact) mass is 390 g/mol. The second kappa shape index (κ2) is 10.2. The van der Waals surface area contributed by atoms with Gasteiger partial charge in [0.25, 0.3) is 0 Å². The number of hydrogen-bond acceptors (Lipinski definition) is 4. The molecule has 0 amide bonds. The van der Waals surface area contributed by atoms with Gasteiger partial charge in [-0.15, -0.1) is 0 Å².